The monoisotopic (exact) mass is 254 g/mol. The minimum atomic E-state index is -0.665. The second-order valence-corrected chi connectivity index (χ2v) is 4.46. The molecule has 1 fully saturated rings. The zero-order valence-electron chi connectivity index (χ0n) is 9.26. The number of aryl methyl sites for hydroxylation is 1. The number of imide groups is 1. The average molecular weight is 254 g/mol. The van der Waals surface area contributed by atoms with Gasteiger partial charge in [-0.3, -0.25) is 19.7 Å². The van der Waals surface area contributed by atoms with Crippen LogP contribution in [0.15, 0.2) is 0 Å². The van der Waals surface area contributed by atoms with Crippen LogP contribution >= 0.6 is 11.5 Å². The molecule has 1 atom stereocenters. The Labute approximate surface area is 101 Å². The van der Waals surface area contributed by atoms with E-state index in [1.165, 1.54) is 4.90 Å². The molecule has 1 saturated heterocycles. The maximum Gasteiger partial charge on any atom is 0.268 e. The van der Waals surface area contributed by atoms with Gasteiger partial charge in [-0.05, 0) is 25.4 Å². The molecule has 2 rings (SSSR count). The highest BCUT2D eigenvalue weighted by Crippen LogP contribution is 2.16. The molecule has 8 heteroatoms. The van der Waals surface area contributed by atoms with Crippen LogP contribution in [0.3, 0.4) is 0 Å². The second kappa shape index (κ2) is 4.21. The molecule has 1 aromatic heterocycles. The molecule has 0 aromatic carbocycles. The number of carbonyl (C=O) groups excluding carboxylic acids is 3. The van der Waals surface area contributed by atoms with Crippen molar-refractivity contribution in [2.45, 2.75) is 19.9 Å². The van der Waals surface area contributed by atoms with E-state index in [-0.39, 0.29) is 12.5 Å². The number of nitrogens with one attached hydrogen (secondary N) is 1. The summed E-state index contributed by atoms with van der Waals surface area (Å²) in [5.74, 6) is -1.32. The quantitative estimate of drug-likeness (QED) is 0.671. The van der Waals surface area contributed by atoms with Crippen molar-refractivity contribution in [3.8, 4) is 0 Å². The van der Waals surface area contributed by atoms with E-state index in [2.05, 4.69) is 14.9 Å². The van der Waals surface area contributed by atoms with E-state index < -0.39 is 17.9 Å². The summed E-state index contributed by atoms with van der Waals surface area (Å²) in [5.41, 5.74) is 0.505. The lowest BCUT2D eigenvalue weighted by atomic mass is 10.2. The van der Waals surface area contributed by atoms with E-state index in [0.717, 1.165) is 11.5 Å². The van der Waals surface area contributed by atoms with Crippen LogP contribution in [-0.4, -0.2) is 44.8 Å². The third-order valence-corrected chi connectivity index (χ3v) is 3.35. The zero-order chi connectivity index (χ0) is 12.6. The molecule has 3 amide bonds. The summed E-state index contributed by atoms with van der Waals surface area (Å²) in [6.45, 7) is 3.11. The number of nitrogens with zero attached hydrogens (tertiary/aromatic N) is 3. The van der Waals surface area contributed by atoms with Crippen LogP contribution < -0.4 is 5.32 Å². The van der Waals surface area contributed by atoms with E-state index in [0.29, 0.717) is 10.6 Å². The number of hydrogen-bond donors (Lipinski definition) is 1. The van der Waals surface area contributed by atoms with E-state index >= 15 is 0 Å². The Balaban J connectivity index is 2.27. The number of carbonyl (C=O) groups is 3. The molecule has 1 aliphatic rings. The highest BCUT2D eigenvalue weighted by atomic mass is 32.1. The van der Waals surface area contributed by atoms with Crippen molar-refractivity contribution in [1.29, 1.82) is 0 Å². The van der Waals surface area contributed by atoms with Crippen LogP contribution in [0.25, 0.3) is 0 Å². The third kappa shape index (κ3) is 2.03. The Kier molecular flexibility index (Phi) is 2.88. The molecule has 0 aliphatic carbocycles. The topological polar surface area (TPSA) is 92.3 Å². The van der Waals surface area contributed by atoms with Crippen LogP contribution in [0.2, 0.25) is 0 Å². The number of hydrogen-bond acceptors (Lipinski definition) is 6. The van der Waals surface area contributed by atoms with Gasteiger partial charge in [0.05, 0.1) is 5.69 Å². The van der Waals surface area contributed by atoms with Gasteiger partial charge >= 0.3 is 0 Å². The van der Waals surface area contributed by atoms with Gasteiger partial charge in [0.15, 0.2) is 0 Å². The van der Waals surface area contributed by atoms with Gasteiger partial charge in [-0.25, -0.2) is 0 Å². The lowest BCUT2D eigenvalue weighted by Crippen LogP contribution is -2.58. The average Bonchev–Trinajstić information content (AvgIpc) is 2.69. The van der Waals surface area contributed by atoms with Crippen LogP contribution in [0, 0.1) is 6.92 Å². The molecule has 17 heavy (non-hydrogen) atoms. The van der Waals surface area contributed by atoms with Crippen LogP contribution in [0.1, 0.15) is 22.3 Å². The van der Waals surface area contributed by atoms with Crippen molar-refractivity contribution in [3.63, 3.8) is 0 Å². The maximum atomic E-state index is 12.1. The fourth-order valence-corrected chi connectivity index (χ4v) is 2.13. The highest BCUT2D eigenvalue weighted by molar-refractivity contribution is 7.08. The first kappa shape index (κ1) is 11.6. The van der Waals surface area contributed by atoms with Crippen molar-refractivity contribution in [1.82, 2.24) is 19.8 Å². The summed E-state index contributed by atoms with van der Waals surface area (Å²) in [6.07, 6.45) is 0. The minimum Gasteiger partial charge on any atom is -0.317 e. The van der Waals surface area contributed by atoms with Crippen molar-refractivity contribution in [3.05, 3.63) is 10.6 Å². The first-order chi connectivity index (χ1) is 8.00. The Morgan fingerprint density at radius 2 is 2.24 bits per heavy atom. The summed E-state index contributed by atoms with van der Waals surface area (Å²) in [7, 11) is 0. The fraction of sp³-hybridized carbons (Fsp3) is 0.444. The van der Waals surface area contributed by atoms with Gasteiger partial charge in [0.25, 0.3) is 5.91 Å². The van der Waals surface area contributed by atoms with Crippen molar-refractivity contribution >= 4 is 29.3 Å². The molecule has 1 aliphatic heterocycles. The Morgan fingerprint density at radius 3 is 2.82 bits per heavy atom. The Hall–Kier alpha value is -1.83. The summed E-state index contributed by atoms with van der Waals surface area (Å²) in [6, 6.07) is -0.665. The van der Waals surface area contributed by atoms with Gasteiger partial charge in [-0.2, -0.15) is 0 Å². The van der Waals surface area contributed by atoms with Crippen LogP contribution in [0.5, 0.6) is 0 Å². The summed E-state index contributed by atoms with van der Waals surface area (Å²) in [4.78, 5) is 36.3. The molecule has 0 spiro atoms. The Bertz CT molecular complexity index is 498. The van der Waals surface area contributed by atoms with E-state index in [4.69, 9.17) is 0 Å². The number of rotatable bonds is 1. The lowest BCUT2D eigenvalue weighted by Gasteiger charge is -2.31. The molecule has 1 unspecified atom stereocenters. The first-order valence-electron chi connectivity index (χ1n) is 4.94. The maximum absolute atomic E-state index is 12.1. The normalized spacial score (nSPS) is 20.4. The van der Waals surface area contributed by atoms with Crippen LogP contribution in [0.4, 0.5) is 0 Å². The summed E-state index contributed by atoms with van der Waals surface area (Å²) in [5, 5.41) is 5.91. The molecule has 1 aromatic rings. The molecule has 1 N–H and O–H groups in total. The predicted octanol–water partition coefficient (Wildman–Crippen LogP) is -0.666. The zero-order valence-corrected chi connectivity index (χ0v) is 10.1. The van der Waals surface area contributed by atoms with Crippen molar-refractivity contribution < 1.29 is 14.4 Å². The molecule has 2 heterocycles. The number of amides is 3. The van der Waals surface area contributed by atoms with Crippen LogP contribution in [-0.2, 0) is 9.59 Å². The SMILES string of the molecule is Cc1nnsc1C(=O)N1CC(=O)NC(=O)C1C. The molecule has 90 valence electrons. The number of piperazine rings is 1. The van der Waals surface area contributed by atoms with Gasteiger partial charge in [-0.1, -0.05) is 4.49 Å². The van der Waals surface area contributed by atoms with E-state index in [1.807, 2.05) is 0 Å². The molecular weight excluding hydrogens is 244 g/mol. The highest BCUT2D eigenvalue weighted by Gasteiger charge is 2.35. The lowest BCUT2D eigenvalue weighted by molar-refractivity contribution is -0.138. The largest absolute Gasteiger partial charge is 0.317 e. The van der Waals surface area contributed by atoms with E-state index in [1.54, 1.807) is 13.8 Å². The second-order valence-electron chi connectivity index (χ2n) is 3.71. The third-order valence-electron chi connectivity index (χ3n) is 2.53. The molecular formula is C9H10N4O3S. The Morgan fingerprint density at radius 1 is 1.53 bits per heavy atom. The van der Waals surface area contributed by atoms with Gasteiger partial charge in [0.2, 0.25) is 11.8 Å². The predicted molar refractivity (Wildman–Crippen MR) is 58.3 cm³/mol. The van der Waals surface area contributed by atoms with Gasteiger partial charge < -0.3 is 4.90 Å². The molecule has 0 bridgehead atoms. The van der Waals surface area contributed by atoms with Gasteiger partial charge in [0.1, 0.15) is 17.5 Å². The van der Waals surface area contributed by atoms with Crippen molar-refractivity contribution in [2.75, 3.05) is 6.54 Å². The fourth-order valence-electron chi connectivity index (χ4n) is 1.52. The first-order valence-corrected chi connectivity index (χ1v) is 5.71. The number of aromatic nitrogens is 2. The van der Waals surface area contributed by atoms with Gasteiger partial charge in [0, 0.05) is 0 Å². The summed E-state index contributed by atoms with van der Waals surface area (Å²) >= 11 is 0.960. The molecule has 0 radical (unpaired) electrons. The summed E-state index contributed by atoms with van der Waals surface area (Å²) < 4.78 is 3.66. The smallest absolute Gasteiger partial charge is 0.268 e. The van der Waals surface area contributed by atoms with E-state index in [9.17, 15) is 14.4 Å². The van der Waals surface area contributed by atoms with Gasteiger partial charge in [-0.15, -0.1) is 5.10 Å². The molecule has 7 nitrogen and oxygen atoms in total. The standard InChI is InChI=1S/C9H10N4O3S/c1-4-7(17-12-11-4)9(16)13-3-6(14)10-8(15)5(13)2/h5H,3H2,1-2H3,(H,10,14,15). The molecule has 0 saturated carbocycles. The minimum absolute atomic E-state index is 0.122. The van der Waals surface area contributed by atoms with Crippen molar-refractivity contribution in [2.24, 2.45) is 0 Å².